The van der Waals surface area contributed by atoms with Gasteiger partial charge in [0.2, 0.25) is 5.91 Å². The van der Waals surface area contributed by atoms with E-state index < -0.39 is 9.84 Å². The average Bonchev–Trinajstić information content (AvgIpc) is 2.42. The Balaban J connectivity index is 1.85. The fourth-order valence-corrected chi connectivity index (χ4v) is 3.22. The Morgan fingerprint density at radius 2 is 1.85 bits per heavy atom. The van der Waals surface area contributed by atoms with Gasteiger partial charge in [-0.15, -0.1) is 0 Å². The quantitative estimate of drug-likeness (QED) is 0.861. The average molecular weight is 293 g/mol. The summed E-state index contributed by atoms with van der Waals surface area (Å²) in [6.07, 6.45) is 0. The van der Waals surface area contributed by atoms with Crippen LogP contribution in [0.25, 0.3) is 0 Å². The van der Waals surface area contributed by atoms with Crippen LogP contribution in [0.3, 0.4) is 0 Å². The third kappa shape index (κ3) is 4.05. The largest absolute Gasteiger partial charge is 0.325 e. The summed E-state index contributed by atoms with van der Waals surface area (Å²) in [5.41, 5.74) is 1.16. The van der Waals surface area contributed by atoms with Crippen LogP contribution < -0.4 is 5.32 Å². The highest BCUT2D eigenvalue weighted by Gasteiger charge is 2.22. The Kier molecular flexibility index (Phi) is 4.37. The first-order valence-electron chi connectivity index (χ1n) is 6.21. The fraction of sp³-hybridized carbons (Fsp3) is 0.385. The van der Waals surface area contributed by atoms with E-state index in [4.69, 9.17) is 5.26 Å². The summed E-state index contributed by atoms with van der Waals surface area (Å²) in [5.74, 6) is 0.0305. The van der Waals surface area contributed by atoms with Crippen LogP contribution in [0.1, 0.15) is 5.56 Å². The first-order chi connectivity index (χ1) is 9.48. The molecule has 1 N–H and O–H groups in total. The maximum atomic E-state index is 11.8. The molecular formula is C13H15N3O3S. The molecule has 0 saturated carbocycles. The molecule has 20 heavy (non-hydrogen) atoms. The van der Waals surface area contributed by atoms with Crippen molar-refractivity contribution in [2.75, 3.05) is 36.5 Å². The van der Waals surface area contributed by atoms with E-state index >= 15 is 0 Å². The highest BCUT2D eigenvalue weighted by atomic mass is 32.2. The van der Waals surface area contributed by atoms with Gasteiger partial charge in [-0.25, -0.2) is 8.42 Å². The van der Waals surface area contributed by atoms with Crippen molar-refractivity contribution in [3.8, 4) is 6.07 Å². The molecule has 0 aliphatic carbocycles. The molecule has 106 valence electrons. The number of nitrogens with one attached hydrogen (secondary N) is 1. The van der Waals surface area contributed by atoms with Crippen LogP contribution in [0.15, 0.2) is 24.3 Å². The lowest BCUT2D eigenvalue weighted by Crippen LogP contribution is -2.43. The van der Waals surface area contributed by atoms with Crippen LogP contribution in [-0.2, 0) is 14.6 Å². The zero-order chi connectivity index (χ0) is 14.6. The first-order valence-corrected chi connectivity index (χ1v) is 8.03. The third-order valence-corrected chi connectivity index (χ3v) is 4.71. The standard InChI is InChI=1S/C13H15N3O3S/c14-9-11-1-3-12(4-2-11)15-13(17)10-16-5-7-20(18,19)8-6-16/h1-4H,5-8,10H2,(H,15,17). The molecule has 1 heterocycles. The lowest BCUT2D eigenvalue weighted by atomic mass is 10.2. The Bertz CT molecular complexity index is 618. The molecule has 0 atom stereocenters. The Labute approximate surface area is 117 Å². The fourth-order valence-electron chi connectivity index (χ4n) is 1.94. The highest BCUT2D eigenvalue weighted by molar-refractivity contribution is 7.91. The van der Waals surface area contributed by atoms with E-state index in [0.717, 1.165) is 0 Å². The van der Waals surface area contributed by atoms with Crippen LogP contribution >= 0.6 is 0 Å². The Morgan fingerprint density at radius 1 is 1.25 bits per heavy atom. The van der Waals surface area contributed by atoms with Gasteiger partial charge in [0.05, 0.1) is 29.7 Å². The predicted molar refractivity (Wildman–Crippen MR) is 74.9 cm³/mol. The molecule has 1 aromatic carbocycles. The summed E-state index contributed by atoms with van der Waals surface area (Å²) in [5, 5.41) is 11.4. The molecule has 0 radical (unpaired) electrons. The van der Waals surface area contributed by atoms with Crippen molar-refractivity contribution in [3.05, 3.63) is 29.8 Å². The number of rotatable bonds is 3. The molecule has 6 nitrogen and oxygen atoms in total. The minimum Gasteiger partial charge on any atom is -0.325 e. The molecule has 7 heteroatoms. The number of anilines is 1. The van der Waals surface area contributed by atoms with E-state index in [1.807, 2.05) is 11.0 Å². The van der Waals surface area contributed by atoms with Gasteiger partial charge in [0.25, 0.3) is 0 Å². The van der Waals surface area contributed by atoms with Crippen molar-refractivity contribution in [2.45, 2.75) is 0 Å². The summed E-state index contributed by atoms with van der Waals surface area (Å²) in [6, 6.07) is 8.59. The van der Waals surface area contributed by atoms with Gasteiger partial charge in [-0.3, -0.25) is 9.69 Å². The Morgan fingerprint density at radius 3 is 2.40 bits per heavy atom. The van der Waals surface area contributed by atoms with Crippen LogP contribution in [0, 0.1) is 11.3 Å². The number of benzene rings is 1. The molecule has 0 aromatic heterocycles. The van der Waals surface area contributed by atoms with Crippen LogP contribution in [-0.4, -0.2) is 50.4 Å². The van der Waals surface area contributed by atoms with E-state index in [-0.39, 0.29) is 24.0 Å². The van der Waals surface area contributed by atoms with Crippen molar-refractivity contribution in [1.29, 1.82) is 5.26 Å². The molecule has 1 saturated heterocycles. The number of nitriles is 1. The van der Waals surface area contributed by atoms with Gasteiger partial charge < -0.3 is 5.32 Å². The van der Waals surface area contributed by atoms with Crippen LogP contribution in [0.5, 0.6) is 0 Å². The number of carbonyl (C=O) groups excluding carboxylic acids is 1. The highest BCUT2D eigenvalue weighted by Crippen LogP contribution is 2.09. The SMILES string of the molecule is N#Cc1ccc(NC(=O)CN2CCS(=O)(=O)CC2)cc1. The van der Waals surface area contributed by atoms with Crippen molar-refractivity contribution >= 4 is 21.4 Å². The molecule has 1 fully saturated rings. The molecule has 2 rings (SSSR count). The van der Waals surface area contributed by atoms with Gasteiger partial charge >= 0.3 is 0 Å². The molecular weight excluding hydrogens is 278 g/mol. The molecule has 0 bridgehead atoms. The van der Waals surface area contributed by atoms with Gasteiger partial charge in [0.1, 0.15) is 0 Å². The summed E-state index contributed by atoms with van der Waals surface area (Å²) in [4.78, 5) is 13.6. The van der Waals surface area contributed by atoms with Gasteiger partial charge in [0.15, 0.2) is 9.84 Å². The van der Waals surface area contributed by atoms with Crippen molar-refractivity contribution in [1.82, 2.24) is 4.90 Å². The normalized spacial score (nSPS) is 18.1. The maximum Gasteiger partial charge on any atom is 0.238 e. The number of amides is 1. The van der Waals surface area contributed by atoms with Crippen LogP contribution in [0.4, 0.5) is 5.69 Å². The number of carbonyl (C=O) groups is 1. The summed E-state index contributed by atoms with van der Waals surface area (Å²) >= 11 is 0. The zero-order valence-electron chi connectivity index (χ0n) is 10.9. The number of hydrogen-bond acceptors (Lipinski definition) is 5. The second kappa shape index (κ2) is 6.03. The maximum absolute atomic E-state index is 11.8. The molecule has 1 amide bonds. The van der Waals surface area contributed by atoms with Gasteiger partial charge in [-0.2, -0.15) is 5.26 Å². The second-order valence-corrected chi connectivity index (χ2v) is 6.97. The topological polar surface area (TPSA) is 90.3 Å². The van der Waals surface area contributed by atoms with Gasteiger partial charge in [-0.1, -0.05) is 0 Å². The third-order valence-electron chi connectivity index (χ3n) is 3.10. The molecule has 0 unspecified atom stereocenters. The van der Waals surface area contributed by atoms with E-state index in [9.17, 15) is 13.2 Å². The molecule has 0 spiro atoms. The van der Waals surface area contributed by atoms with E-state index in [0.29, 0.717) is 24.3 Å². The monoisotopic (exact) mass is 293 g/mol. The summed E-state index contributed by atoms with van der Waals surface area (Å²) < 4.78 is 22.6. The summed E-state index contributed by atoms with van der Waals surface area (Å²) in [6.45, 7) is 0.960. The van der Waals surface area contributed by atoms with Crippen molar-refractivity contribution in [2.24, 2.45) is 0 Å². The lowest BCUT2D eigenvalue weighted by molar-refractivity contribution is -0.117. The Hall–Kier alpha value is -1.91. The minimum atomic E-state index is -2.92. The number of nitrogens with zero attached hydrogens (tertiary/aromatic N) is 2. The van der Waals surface area contributed by atoms with Crippen LogP contribution in [0.2, 0.25) is 0 Å². The summed E-state index contributed by atoms with van der Waals surface area (Å²) in [7, 11) is -2.92. The predicted octanol–water partition coefficient (Wildman–Crippen LogP) is 0.227. The molecule has 1 aliphatic rings. The second-order valence-electron chi connectivity index (χ2n) is 4.67. The number of sulfone groups is 1. The zero-order valence-corrected chi connectivity index (χ0v) is 11.7. The minimum absolute atomic E-state index is 0.108. The van der Waals surface area contributed by atoms with Gasteiger partial charge in [-0.05, 0) is 24.3 Å². The first kappa shape index (κ1) is 14.5. The number of hydrogen-bond donors (Lipinski definition) is 1. The smallest absolute Gasteiger partial charge is 0.238 e. The van der Waals surface area contributed by atoms with Gasteiger partial charge in [0, 0.05) is 18.8 Å². The van der Waals surface area contributed by atoms with E-state index in [2.05, 4.69) is 5.32 Å². The molecule has 1 aromatic rings. The van der Waals surface area contributed by atoms with Crippen molar-refractivity contribution < 1.29 is 13.2 Å². The molecule has 1 aliphatic heterocycles. The van der Waals surface area contributed by atoms with Crippen molar-refractivity contribution in [3.63, 3.8) is 0 Å². The van der Waals surface area contributed by atoms with E-state index in [1.165, 1.54) is 0 Å². The lowest BCUT2D eigenvalue weighted by Gasteiger charge is -2.25. The van der Waals surface area contributed by atoms with E-state index in [1.54, 1.807) is 24.3 Å².